The van der Waals surface area contributed by atoms with E-state index in [0.29, 0.717) is 18.9 Å². The number of rotatable bonds is 5. The molecular formula is C23H26N2O6S2. The van der Waals surface area contributed by atoms with Crippen LogP contribution >= 0.6 is 0 Å². The fraction of sp³-hybridized carbons (Fsp3) is 0.348. The van der Waals surface area contributed by atoms with Crippen molar-refractivity contribution in [3.63, 3.8) is 0 Å². The van der Waals surface area contributed by atoms with Gasteiger partial charge in [-0.3, -0.25) is 4.79 Å². The van der Waals surface area contributed by atoms with Crippen LogP contribution in [0.5, 0.6) is 0 Å². The average molecular weight is 491 g/mol. The first-order valence-corrected chi connectivity index (χ1v) is 13.7. The lowest BCUT2D eigenvalue weighted by Crippen LogP contribution is -2.41. The second-order valence-electron chi connectivity index (χ2n) is 8.29. The van der Waals surface area contributed by atoms with E-state index in [2.05, 4.69) is 0 Å². The summed E-state index contributed by atoms with van der Waals surface area (Å²) in [6.45, 7) is 5.08. The van der Waals surface area contributed by atoms with Gasteiger partial charge in [-0.15, -0.1) is 0 Å². The Hall–Kier alpha value is -2.53. The van der Waals surface area contributed by atoms with Crippen molar-refractivity contribution in [2.45, 2.75) is 24.8 Å². The molecule has 0 spiro atoms. The van der Waals surface area contributed by atoms with Gasteiger partial charge < -0.3 is 9.64 Å². The van der Waals surface area contributed by atoms with Crippen molar-refractivity contribution < 1.29 is 26.4 Å². The predicted octanol–water partition coefficient (Wildman–Crippen LogP) is 2.28. The summed E-state index contributed by atoms with van der Waals surface area (Å²) in [6, 6.07) is 10.8. The Bertz CT molecular complexity index is 1270. The Morgan fingerprint density at radius 1 is 1.03 bits per heavy atom. The molecule has 2 heterocycles. The molecule has 1 saturated heterocycles. The normalized spacial score (nSPS) is 20.6. The fourth-order valence-electron chi connectivity index (χ4n) is 4.11. The first kappa shape index (κ1) is 23.6. The van der Waals surface area contributed by atoms with E-state index in [1.165, 1.54) is 39.5 Å². The number of hydrogen-bond acceptors (Lipinski definition) is 6. The van der Waals surface area contributed by atoms with E-state index in [1.54, 1.807) is 0 Å². The summed E-state index contributed by atoms with van der Waals surface area (Å²) in [6.07, 6.45) is 1.52. The van der Waals surface area contributed by atoms with E-state index in [0.717, 1.165) is 16.5 Å². The lowest BCUT2D eigenvalue weighted by Gasteiger charge is -2.29. The minimum atomic E-state index is -3.68. The summed E-state index contributed by atoms with van der Waals surface area (Å²) in [5.74, 6) is -0.600. The molecule has 1 fully saturated rings. The molecule has 1 atom stereocenters. The van der Waals surface area contributed by atoms with Gasteiger partial charge in [-0.1, -0.05) is 6.07 Å². The Kier molecular flexibility index (Phi) is 6.45. The molecule has 0 aromatic heterocycles. The SMILES string of the molecule is Cc1cc(C)cc(N(C(=O)c2ccc(S(=O)(=O)N3CCOCC3)cc2)[C@H]2C=CS(=O)(=O)C2)c1. The first-order valence-electron chi connectivity index (χ1n) is 10.6. The number of carbonyl (C=O) groups excluding carboxylic acids is 1. The van der Waals surface area contributed by atoms with Gasteiger partial charge >= 0.3 is 0 Å². The van der Waals surface area contributed by atoms with Gasteiger partial charge in [-0.2, -0.15) is 4.31 Å². The maximum absolute atomic E-state index is 13.5. The lowest BCUT2D eigenvalue weighted by molar-refractivity contribution is 0.0730. The second-order valence-corrected chi connectivity index (χ2v) is 12.2. The number of aryl methyl sites for hydroxylation is 2. The molecule has 2 aliphatic rings. The third-order valence-corrected chi connectivity index (χ3v) is 8.95. The molecule has 0 radical (unpaired) electrons. The van der Waals surface area contributed by atoms with Crippen molar-refractivity contribution in [1.82, 2.24) is 4.31 Å². The van der Waals surface area contributed by atoms with E-state index < -0.39 is 31.8 Å². The average Bonchev–Trinajstić information content (AvgIpc) is 3.13. The fourth-order valence-corrected chi connectivity index (χ4v) is 6.79. The van der Waals surface area contributed by atoms with Gasteiger partial charge in [0.1, 0.15) is 0 Å². The summed E-state index contributed by atoms with van der Waals surface area (Å²) < 4.78 is 56.5. The Balaban J connectivity index is 1.67. The minimum absolute atomic E-state index is 0.0993. The quantitative estimate of drug-likeness (QED) is 0.637. The smallest absolute Gasteiger partial charge is 0.258 e. The molecule has 1 amide bonds. The Morgan fingerprint density at radius 3 is 2.18 bits per heavy atom. The maximum Gasteiger partial charge on any atom is 0.258 e. The lowest BCUT2D eigenvalue weighted by atomic mass is 10.1. The standard InChI is InChI=1S/C23H26N2O6S2/c1-17-13-18(2)15-21(14-17)25(20-7-12-32(27,28)16-20)23(26)19-3-5-22(6-4-19)33(29,30)24-8-10-31-11-9-24/h3-7,12-15,20H,8-11,16H2,1-2H3/t20-/m0/s1. The largest absolute Gasteiger partial charge is 0.379 e. The van der Waals surface area contributed by atoms with Crippen LogP contribution in [0.3, 0.4) is 0 Å². The maximum atomic E-state index is 13.5. The molecule has 0 bridgehead atoms. The monoisotopic (exact) mass is 490 g/mol. The molecule has 0 N–H and O–H groups in total. The summed E-state index contributed by atoms with van der Waals surface area (Å²) in [5, 5.41) is 1.14. The highest BCUT2D eigenvalue weighted by Gasteiger charge is 2.33. The third-order valence-electron chi connectivity index (χ3n) is 5.66. The summed E-state index contributed by atoms with van der Waals surface area (Å²) >= 11 is 0. The molecular weight excluding hydrogens is 464 g/mol. The van der Waals surface area contributed by atoms with Crippen LogP contribution in [-0.2, 0) is 24.6 Å². The Labute approximate surface area is 194 Å². The highest BCUT2D eigenvalue weighted by molar-refractivity contribution is 7.94. The first-order chi connectivity index (χ1) is 15.6. The van der Waals surface area contributed by atoms with Gasteiger partial charge in [-0.05, 0) is 67.4 Å². The molecule has 33 heavy (non-hydrogen) atoms. The molecule has 2 aromatic rings. The number of hydrogen-bond donors (Lipinski definition) is 0. The van der Waals surface area contributed by atoms with Crippen LogP contribution in [0.15, 0.2) is 58.8 Å². The highest BCUT2D eigenvalue weighted by atomic mass is 32.2. The molecule has 0 saturated carbocycles. The van der Waals surface area contributed by atoms with Crippen LogP contribution in [0.25, 0.3) is 0 Å². The van der Waals surface area contributed by atoms with Gasteiger partial charge in [-0.25, -0.2) is 16.8 Å². The van der Waals surface area contributed by atoms with Gasteiger partial charge in [0.2, 0.25) is 10.0 Å². The summed E-state index contributed by atoms with van der Waals surface area (Å²) in [5.41, 5.74) is 2.75. The van der Waals surface area contributed by atoms with Crippen molar-refractivity contribution in [2.75, 3.05) is 37.0 Å². The van der Waals surface area contributed by atoms with Crippen molar-refractivity contribution in [1.29, 1.82) is 0 Å². The molecule has 0 unspecified atom stereocenters. The zero-order valence-electron chi connectivity index (χ0n) is 18.5. The van der Waals surface area contributed by atoms with Crippen LogP contribution in [0.4, 0.5) is 5.69 Å². The number of morpholine rings is 1. The van der Waals surface area contributed by atoms with E-state index in [4.69, 9.17) is 4.74 Å². The number of sulfone groups is 1. The predicted molar refractivity (Wildman–Crippen MR) is 125 cm³/mol. The zero-order chi connectivity index (χ0) is 23.8. The molecule has 8 nitrogen and oxygen atoms in total. The molecule has 176 valence electrons. The number of carbonyl (C=O) groups is 1. The molecule has 4 rings (SSSR count). The number of benzene rings is 2. The van der Waals surface area contributed by atoms with Crippen LogP contribution in [-0.4, -0.2) is 65.1 Å². The molecule has 2 aromatic carbocycles. The molecule has 10 heteroatoms. The van der Waals surface area contributed by atoms with Crippen LogP contribution < -0.4 is 4.90 Å². The number of amides is 1. The second kappa shape index (κ2) is 9.02. The number of nitrogens with zero attached hydrogens (tertiary/aromatic N) is 2. The minimum Gasteiger partial charge on any atom is -0.379 e. The highest BCUT2D eigenvalue weighted by Crippen LogP contribution is 2.28. The molecule has 2 aliphatic heterocycles. The van der Waals surface area contributed by atoms with Crippen LogP contribution in [0, 0.1) is 13.8 Å². The van der Waals surface area contributed by atoms with E-state index >= 15 is 0 Å². The van der Waals surface area contributed by atoms with Gasteiger partial charge in [0.05, 0.1) is 29.9 Å². The zero-order valence-corrected chi connectivity index (χ0v) is 20.1. The van der Waals surface area contributed by atoms with Crippen molar-refractivity contribution in [3.8, 4) is 0 Å². The third kappa shape index (κ3) is 5.03. The summed E-state index contributed by atoms with van der Waals surface area (Å²) in [7, 11) is -7.07. The van der Waals surface area contributed by atoms with E-state index in [9.17, 15) is 21.6 Å². The van der Waals surface area contributed by atoms with Gasteiger partial charge in [0, 0.05) is 29.7 Å². The van der Waals surface area contributed by atoms with Crippen LogP contribution in [0.1, 0.15) is 21.5 Å². The number of sulfonamides is 1. The van der Waals surface area contributed by atoms with Crippen LogP contribution in [0.2, 0.25) is 0 Å². The number of ether oxygens (including phenoxy) is 1. The van der Waals surface area contributed by atoms with E-state index in [-0.39, 0.29) is 29.3 Å². The topological polar surface area (TPSA) is 101 Å². The van der Waals surface area contributed by atoms with Gasteiger partial charge in [0.15, 0.2) is 9.84 Å². The van der Waals surface area contributed by atoms with Crippen molar-refractivity contribution >= 4 is 31.5 Å². The van der Waals surface area contributed by atoms with E-state index in [1.807, 2.05) is 32.0 Å². The molecule has 0 aliphatic carbocycles. The van der Waals surface area contributed by atoms with Crippen molar-refractivity contribution in [3.05, 3.63) is 70.6 Å². The van der Waals surface area contributed by atoms with Gasteiger partial charge in [0.25, 0.3) is 5.91 Å². The Morgan fingerprint density at radius 2 is 1.64 bits per heavy atom. The number of anilines is 1. The summed E-state index contributed by atoms with van der Waals surface area (Å²) in [4.78, 5) is 15.1. The van der Waals surface area contributed by atoms with Crippen molar-refractivity contribution in [2.24, 2.45) is 0 Å².